The molecule has 6 nitrogen and oxygen atoms in total. The second-order valence-electron chi connectivity index (χ2n) is 6.23. The van der Waals surface area contributed by atoms with E-state index in [0.29, 0.717) is 17.9 Å². The van der Waals surface area contributed by atoms with E-state index < -0.39 is 0 Å². The molecule has 3 heterocycles. The number of H-pyrrole nitrogens is 1. The molecule has 1 aromatic carbocycles. The van der Waals surface area contributed by atoms with Crippen LogP contribution in [-0.4, -0.2) is 37.1 Å². The average molecular weight is 339 g/mol. The zero-order valence-corrected chi connectivity index (χ0v) is 13.8. The normalized spacial score (nSPS) is 17.2. The smallest absolute Gasteiger partial charge is 0.272 e. The Hall–Kier alpha value is -2.96. The van der Waals surface area contributed by atoms with Crippen LogP contribution in [-0.2, 0) is 7.05 Å². The minimum absolute atomic E-state index is 0.0231. The quantitative estimate of drug-likeness (QED) is 0.798. The summed E-state index contributed by atoms with van der Waals surface area (Å²) in [5.41, 5.74) is 1.82. The topological polar surface area (TPSA) is 66.8 Å². The molecule has 0 spiro atoms. The van der Waals surface area contributed by atoms with E-state index in [1.807, 2.05) is 22.7 Å². The van der Waals surface area contributed by atoms with E-state index in [0.717, 1.165) is 24.2 Å². The lowest BCUT2D eigenvalue weighted by Crippen LogP contribution is -2.32. The summed E-state index contributed by atoms with van der Waals surface area (Å²) in [5.74, 6) is 0.501. The first-order valence-electron chi connectivity index (χ1n) is 8.23. The number of halogens is 1. The number of amides is 1. The van der Waals surface area contributed by atoms with Gasteiger partial charge >= 0.3 is 0 Å². The maximum absolute atomic E-state index is 13.1. The Balaban J connectivity index is 1.59. The Morgan fingerprint density at radius 3 is 2.84 bits per heavy atom. The van der Waals surface area contributed by atoms with E-state index in [1.165, 1.54) is 12.1 Å². The number of rotatable bonds is 3. The predicted molar refractivity (Wildman–Crippen MR) is 90.2 cm³/mol. The van der Waals surface area contributed by atoms with Gasteiger partial charge in [0.05, 0.1) is 11.7 Å². The molecule has 0 aliphatic carbocycles. The van der Waals surface area contributed by atoms with E-state index in [9.17, 15) is 9.18 Å². The van der Waals surface area contributed by atoms with Gasteiger partial charge in [-0.2, -0.15) is 5.10 Å². The predicted octanol–water partition coefficient (Wildman–Crippen LogP) is 2.93. The highest BCUT2D eigenvalue weighted by molar-refractivity contribution is 5.93. The van der Waals surface area contributed by atoms with Crippen LogP contribution in [0.15, 0.2) is 42.7 Å². The van der Waals surface area contributed by atoms with Crippen LogP contribution in [0, 0.1) is 5.82 Å². The van der Waals surface area contributed by atoms with Crippen molar-refractivity contribution in [1.29, 1.82) is 0 Å². The lowest BCUT2D eigenvalue weighted by molar-refractivity contribution is 0.0722. The number of imidazole rings is 1. The molecule has 1 aliphatic rings. The van der Waals surface area contributed by atoms with Crippen LogP contribution in [0.5, 0.6) is 0 Å². The van der Waals surface area contributed by atoms with Gasteiger partial charge in [-0.25, -0.2) is 9.37 Å². The summed E-state index contributed by atoms with van der Waals surface area (Å²) in [5, 5.41) is 7.01. The number of aromatic nitrogens is 4. The maximum atomic E-state index is 13.1. The number of hydrogen-bond acceptors (Lipinski definition) is 3. The number of likely N-dealkylation sites (tertiary alicyclic amines) is 1. The highest BCUT2D eigenvalue weighted by Crippen LogP contribution is 2.32. The molecule has 3 aromatic rings. The van der Waals surface area contributed by atoms with Crippen LogP contribution in [0.2, 0.25) is 0 Å². The third kappa shape index (κ3) is 2.82. The monoisotopic (exact) mass is 339 g/mol. The lowest BCUT2D eigenvalue weighted by Gasteiger charge is -2.23. The van der Waals surface area contributed by atoms with Crippen LogP contribution in [0.25, 0.3) is 11.3 Å². The number of nitrogens with zero attached hydrogens (tertiary/aromatic N) is 4. The van der Waals surface area contributed by atoms with Gasteiger partial charge in [-0.3, -0.25) is 9.89 Å². The van der Waals surface area contributed by atoms with Gasteiger partial charge < -0.3 is 9.47 Å². The Morgan fingerprint density at radius 2 is 2.12 bits per heavy atom. The number of hydrogen-bond donors (Lipinski definition) is 1. The molecule has 25 heavy (non-hydrogen) atoms. The van der Waals surface area contributed by atoms with Crippen LogP contribution >= 0.6 is 0 Å². The molecule has 2 aromatic heterocycles. The standard InChI is InChI=1S/C18H18FN5O/c1-23-10-8-20-17(23)16-3-2-9-24(16)18(25)15-11-14(21-22-15)12-4-6-13(19)7-5-12/h4-8,10-11,16H,2-3,9H2,1H3,(H,21,22). The number of carbonyl (C=O) groups excluding carboxylic acids is 1. The van der Waals surface area contributed by atoms with Crippen molar-refractivity contribution < 1.29 is 9.18 Å². The fourth-order valence-electron chi connectivity index (χ4n) is 3.33. The maximum Gasteiger partial charge on any atom is 0.272 e. The fourth-order valence-corrected chi connectivity index (χ4v) is 3.33. The minimum atomic E-state index is -0.300. The van der Waals surface area contributed by atoms with Gasteiger partial charge in [-0.1, -0.05) is 0 Å². The Morgan fingerprint density at radius 1 is 1.32 bits per heavy atom. The second-order valence-corrected chi connectivity index (χ2v) is 6.23. The summed E-state index contributed by atoms with van der Waals surface area (Å²) in [7, 11) is 1.94. The minimum Gasteiger partial charge on any atom is -0.336 e. The number of benzene rings is 1. The van der Waals surface area contributed by atoms with Crippen molar-refractivity contribution in [2.75, 3.05) is 6.54 Å². The van der Waals surface area contributed by atoms with Crippen molar-refractivity contribution in [2.45, 2.75) is 18.9 Å². The molecule has 1 unspecified atom stereocenters. The summed E-state index contributed by atoms with van der Waals surface area (Å²) in [6.45, 7) is 0.696. The highest BCUT2D eigenvalue weighted by atomic mass is 19.1. The molecule has 1 amide bonds. The number of carbonyl (C=O) groups is 1. The summed E-state index contributed by atoms with van der Waals surface area (Å²) < 4.78 is 15.0. The molecule has 0 radical (unpaired) electrons. The van der Waals surface area contributed by atoms with E-state index in [2.05, 4.69) is 15.2 Å². The summed E-state index contributed by atoms with van der Waals surface area (Å²) in [6, 6.07) is 7.74. The number of aromatic amines is 1. The first-order chi connectivity index (χ1) is 12.1. The molecule has 1 fully saturated rings. The van der Waals surface area contributed by atoms with E-state index in [-0.39, 0.29) is 17.8 Å². The van der Waals surface area contributed by atoms with Crippen molar-refractivity contribution in [1.82, 2.24) is 24.6 Å². The zero-order chi connectivity index (χ0) is 17.4. The largest absolute Gasteiger partial charge is 0.336 e. The average Bonchev–Trinajstić information content (AvgIpc) is 3.35. The first-order valence-corrected chi connectivity index (χ1v) is 8.23. The van der Waals surface area contributed by atoms with Gasteiger partial charge in [0.1, 0.15) is 17.3 Å². The third-order valence-electron chi connectivity index (χ3n) is 4.62. The van der Waals surface area contributed by atoms with Crippen LogP contribution in [0.3, 0.4) is 0 Å². The van der Waals surface area contributed by atoms with Crippen molar-refractivity contribution in [2.24, 2.45) is 7.05 Å². The van der Waals surface area contributed by atoms with E-state index in [4.69, 9.17) is 0 Å². The van der Waals surface area contributed by atoms with Crippen molar-refractivity contribution in [3.8, 4) is 11.3 Å². The van der Waals surface area contributed by atoms with Gasteiger partial charge in [-0.15, -0.1) is 0 Å². The lowest BCUT2D eigenvalue weighted by atomic mass is 10.1. The summed E-state index contributed by atoms with van der Waals surface area (Å²) >= 11 is 0. The van der Waals surface area contributed by atoms with Crippen molar-refractivity contribution in [3.63, 3.8) is 0 Å². The van der Waals surface area contributed by atoms with Gasteiger partial charge in [0.25, 0.3) is 5.91 Å². The first kappa shape index (κ1) is 15.6. The molecular formula is C18H18FN5O. The van der Waals surface area contributed by atoms with E-state index in [1.54, 1.807) is 24.4 Å². The third-order valence-corrected chi connectivity index (χ3v) is 4.62. The van der Waals surface area contributed by atoms with Crippen LogP contribution in [0.1, 0.15) is 35.2 Å². The second kappa shape index (κ2) is 6.16. The molecule has 7 heteroatoms. The Bertz CT molecular complexity index is 898. The SMILES string of the molecule is Cn1ccnc1C1CCCN1C(=O)c1cc(-c2ccc(F)cc2)n[nH]1. The van der Waals surface area contributed by atoms with Gasteiger partial charge in [0, 0.05) is 31.5 Å². The molecule has 4 rings (SSSR count). The zero-order valence-electron chi connectivity index (χ0n) is 13.8. The summed E-state index contributed by atoms with van der Waals surface area (Å²) in [6.07, 6.45) is 5.48. The van der Waals surface area contributed by atoms with Gasteiger partial charge in [-0.05, 0) is 43.2 Å². The number of aryl methyl sites for hydroxylation is 1. The molecule has 0 saturated carbocycles. The van der Waals surface area contributed by atoms with Crippen LogP contribution < -0.4 is 0 Å². The van der Waals surface area contributed by atoms with Crippen LogP contribution in [0.4, 0.5) is 4.39 Å². The molecule has 1 N–H and O–H groups in total. The molecular weight excluding hydrogens is 321 g/mol. The van der Waals surface area contributed by atoms with Gasteiger partial charge in [0.15, 0.2) is 0 Å². The molecule has 128 valence electrons. The Kier molecular flexibility index (Phi) is 3.83. The molecule has 1 aliphatic heterocycles. The molecule has 1 saturated heterocycles. The number of nitrogens with one attached hydrogen (secondary N) is 1. The molecule has 1 atom stereocenters. The summed E-state index contributed by atoms with van der Waals surface area (Å²) in [4.78, 5) is 19.2. The highest BCUT2D eigenvalue weighted by Gasteiger charge is 2.33. The van der Waals surface area contributed by atoms with Crippen molar-refractivity contribution in [3.05, 3.63) is 60.1 Å². The van der Waals surface area contributed by atoms with E-state index >= 15 is 0 Å². The van der Waals surface area contributed by atoms with Crippen molar-refractivity contribution >= 4 is 5.91 Å². The van der Waals surface area contributed by atoms with Gasteiger partial charge in [0.2, 0.25) is 0 Å². The fraction of sp³-hybridized carbons (Fsp3) is 0.278. The Labute approximate surface area is 144 Å². The molecule has 0 bridgehead atoms.